The predicted octanol–water partition coefficient (Wildman–Crippen LogP) is 13.7. The zero-order chi connectivity index (χ0) is 25.3. The third-order valence-corrected chi connectivity index (χ3v) is 7.87. The van der Waals surface area contributed by atoms with E-state index < -0.39 is 0 Å². The molecule has 0 aliphatic rings. The molecular weight excluding hydrogens is 420 g/mol. The fourth-order valence-electron chi connectivity index (χ4n) is 5.33. The van der Waals surface area contributed by atoms with Crippen LogP contribution in [0.3, 0.4) is 0 Å². The summed E-state index contributed by atoms with van der Waals surface area (Å²) in [7, 11) is 0. The Labute approximate surface area is 224 Å². The van der Waals surface area contributed by atoms with Gasteiger partial charge in [-0.05, 0) is 25.7 Å². The summed E-state index contributed by atoms with van der Waals surface area (Å²) in [5, 5.41) is 0. The van der Waals surface area contributed by atoms with Crippen LogP contribution in [-0.2, 0) is 0 Å². The molecular formula is C35H70. The van der Waals surface area contributed by atoms with E-state index in [4.69, 9.17) is 0 Å². The molecule has 0 radical (unpaired) electrons. The maximum Gasteiger partial charge on any atom is -0.0351 e. The van der Waals surface area contributed by atoms with Crippen LogP contribution >= 0.6 is 0 Å². The van der Waals surface area contributed by atoms with E-state index >= 15 is 0 Å². The lowest BCUT2D eigenvalue weighted by Crippen LogP contribution is -1.83. The number of rotatable bonds is 31. The summed E-state index contributed by atoms with van der Waals surface area (Å²) < 4.78 is 0. The third kappa shape index (κ3) is 33.7. The Morgan fingerprint density at radius 2 is 0.400 bits per heavy atom. The predicted molar refractivity (Wildman–Crippen MR) is 164 cm³/mol. The molecule has 0 aromatic heterocycles. The van der Waals surface area contributed by atoms with Crippen molar-refractivity contribution in [3.05, 3.63) is 12.2 Å². The molecule has 0 atom stereocenters. The van der Waals surface area contributed by atoms with Crippen LogP contribution in [0.1, 0.15) is 213 Å². The van der Waals surface area contributed by atoms with Crippen LogP contribution in [0.25, 0.3) is 0 Å². The topological polar surface area (TPSA) is 0 Å². The molecule has 0 saturated heterocycles. The molecule has 0 rings (SSSR count). The lowest BCUT2D eigenvalue weighted by molar-refractivity contribution is 0.532. The highest BCUT2D eigenvalue weighted by atomic mass is 14.0. The van der Waals surface area contributed by atoms with Gasteiger partial charge in [0, 0.05) is 0 Å². The maximum atomic E-state index is 2.46. The molecule has 0 aliphatic heterocycles. The number of unbranched alkanes of at least 4 members (excludes halogenated alkanes) is 29. The highest BCUT2D eigenvalue weighted by Crippen LogP contribution is 2.15. The summed E-state index contributed by atoms with van der Waals surface area (Å²) in [4.78, 5) is 0. The van der Waals surface area contributed by atoms with E-state index in [0.717, 1.165) is 0 Å². The average molecular weight is 491 g/mol. The molecule has 0 aromatic carbocycles. The van der Waals surface area contributed by atoms with Crippen molar-refractivity contribution in [3.8, 4) is 0 Å². The van der Waals surface area contributed by atoms with E-state index in [1.54, 1.807) is 0 Å². The van der Waals surface area contributed by atoms with E-state index in [0.29, 0.717) is 0 Å². The van der Waals surface area contributed by atoms with Gasteiger partial charge >= 0.3 is 0 Å². The van der Waals surface area contributed by atoms with Gasteiger partial charge < -0.3 is 0 Å². The van der Waals surface area contributed by atoms with Crippen molar-refractivity contribution >= 4 is 0 Å². The van der Waals surface area contributed by atoms with Crippen molar-refractivity contribution in [2.75, 3.05) is 0 Å². The van der Waals surface area contributed by atoms with Gasteiger partial charge in [0.1, 0.15) is 0 Å². The van der Waals surface area contributed by atoms with Gasteiger partial charge in [0.2, 0.25) is 0 Å². The van der Waals surface area contributed by atoms with Crippen LogP contribution in [0.5, 0.6) is 0 Å². The zero-order valence-corrected chi connectivity index (χ0v) is 25.1. The number of hydrogen-bond acceptors (Lipinski definition) is 0. The van der Waals surface area contributed by atoms with Gasteiger partial charge in [-0.3, -0.25) is 0 Å². The summed E-state index contributed by atoms with van der Waals surface area (Å²) in [5.41, 5.74) is 0. The molecule has 0 unspecified atom stereocenters. The van der Waals surface area contributed by atoms with E-state index in [-0.39, 0.29) is 0 Å². The van der Waals surface area contributed by atoms with Crippen molar-refractivity contribution < 1.29 is 0 Å². The molecule has 0 fully saturated rings. The fourth-order valence-corrected chi connectivity index (χ4v) is 5.33. The third-order valence-electron chi connectivity index (χ3n) is 7.87. The Bertz CT molecular complexity index is 368. The Morgan fingerprint density at radius 3 is 0.600 bits per heavy atom. The first-order chi connectivity index (χ1) is 17.4. The SMILES string of the molecule is CCCCCCCCCCCCCCCC/C=C\CCCCCCCCCCCCCCCCC. The highest BCUT2D eigenvalue weighted by molar-refractivity contribution is 4.81. The van der Waals surface area contributed by atoms with Gasteiger partial charge in [-0.15, -0.1) is 0 Å². The van der Waals surface area contributed by atoms with Gasteiger partial charge in [-0.2, -0.15) is 0 Å². The minimum absolute atomic E-state index is 1.32. The van der Waals surface area contributed by atoms with Gasteiger partial charge in [-0.25, -0.2) is 0 Å². The summed E-state index contributed by atoms with van der Waals surface area (Å²) in [6.45, 7) is 4.61. The molecule has 0 heteroatoms. The molecule has 0 spiro atoms. The fraction of sp³-hybridized carbons (Fsp3) is 0.943. The molecule has 0 nitrogen and oxygen atoms in total. The second-order valence-corrected chi connectivity index (χ2v) is 11.6. The van der Waals surface area contributed by atoms with Gasteiger partial charge in [0.15, 0.2) is 0 Å². The van der Waals surface area contributed by atoms with Crippen molar-refractivity contribution in [3.63, 3.8) is 0 Å². The molecule has 0 bridgehead atoms. The minimum Gasteiger partial charge on any atom is -0.0885 e. The molecule has 0 heterocycles. The molecule has 0 N–H and O–H groups in total. The average Bonchev–Trinajstić information content (AvgIpc) is 2.87. The van der Waals surface area contributed by atoms with Gasteiger partial charge in [0.25, 0.3) is 0 Å². The minimum atomic E-state index is 1.32. The van der Waals surface area contributed by atoms with Crippen molar-refractivity contribution in [1.29, 1.82) is 0 Å². The normalized spacial score (nSPS) is 11.7. The number of allylic oxidation sites excluding steroid dienone is 2. The first-order valence-corrected chi connectivity index (χ1v) is 17.1. The van der Waals surface area contributed by atoms with Crippen LogP contribution in [-0.4, -0.2) is 0 Å². The molecule has 0 amide bonds. The Hall–Kier alpha value is -0.260. The second kappa shape index (κ2) is 33.7. The molecule has 0 aliphatic carbocycles. The summed E-state index contributed by atoms with van der Waals surface area (Å²) in [6.07, 6.45) is 49.9. The largest absolute Gasteiger partial charge is 0.0885 e. The monoisotopic (exact) mass is 491 g/mol. The van der Waals surface area contributed by atoms with Crippen LogP contribution < -0.4 is 0 Å². The van der Waals surface area contributed by atoms with Crippen LogP contribution in [0.4, 0.5) is 0 Å². The highest BCUT2D eigenvalue weighted by Gasteiger charge is 1.95. The lowest BCUT2D eigenvalue weighted by Gasteiger charge is -2.03. The maximum absolute atomic E-state index is 2.46. The molecule has 210 valence electrons. The van der Waals surface area contributed by atoms with Crippen molar-refractivity contribution in [1.82, 2.24) is 0 Å². The van der Waals surface area contributed by atoms with Crippen molar-refractivity contribution in [2.45, 2.75) is 213 Å². The van der Waals surface area contributed by atoms with Crippen molar-refractivity contribution in [2.24, 2.45) is 0 Å². The Kier molecular flexibility index (Phi) is 33.5. The van der Waals surface area contributed by atoms with E-state index in [1.165, 1.54) is 199 Å². The lowest BCUT2D eigenvalue weighted by atomic mass is 10.0. The van der Waals surface area contributed by atoms with E-state index in [2.05, 4.69) is 26.0 Å². The first-order valence-electron chi connectivity index (χ1n) is 17.1. The molecule has 0 aromatic rings. The quantitative estimate of drug-likeness (QED) is 0.0669. The van der Waals surface area contributed by atoms with Gasteiger partial charge in [0.05, 0.1) is 0 Å². The summed E-state index contributed by atoms with van der Waals surface area (Å²) in [5.74, 6) is 0. The smallest absolute Gasteiger partial charge is 0.0351 e. The zero-order valence-electron chi connectivity index (χ0n) is 25.1. The molecule has 35 heavy (non-hydrogen) atoms. The van der Waals surface area contributed by atoms with Crippen LogP contribution in [0, 0.1) is 0 Å². The van der Waals surface area contributed by atoms with Crippen LogP contribution in [0.2, 0.25) is 0 Å². The van der Waals surface area contributed by atoms with E-state index in [1.807, 2.05) is 0 Å². The summed E-state index contributed by atoms with van der Waals surface area (Å²) >= 11 is 0. The standard InChI is InChI=1S/C35H70/c1-3-5-7-9-11-13-15-17-19-21-23-25-27-29-31-33-35-34-32-30-28-26-24-22-20-18-16-14-12-10-8-6-4-2/h33,35H,3-32,34H2,1-2H3/b35-33-. The molecule has 0 saturated carbocycles. The second-order valence-electron chi connectivity index (χ2n) is 11.6. The van der Waals surface area contributed by atoms with Gasteiger partial charge in [-0.1, -0.05) is 199 Å². The Balaban J connectivity index is 3.07. The Morgan fingerprint density at radius 1 is 0.229 bits per heavy atom. The first kappa shape index (κ1) is 34.7. The van der Waals surface area contributed by atoms with E-state index in [9.17, 15) is 0 Å². The summed E-state index contributed by atoms with van der Waals surface area (Å²) in [6, 6.07) is 0. The van der Waals surface area contributed by atoms with Crippen LogP contribution in [0.15, 0.2) is 12.2 Å². The number of hydrogen-bond donors (Lipinski definition) is 0.